The first kappa shape index (κ1) is 16.5. The molecule has 0 aromatic carbocycles. The Hall–Kier alpha value is -0.820. The highest BCUT2D eigenvalue weighted by molar-refractivity contribution is 7.16. The number of hydrogen-bond acceptors (Lipinski definition) is 5. The van der Waals surface area contributed by atoms with Gasteiger partial charge in [-0.2, -0.15) is 0 Å². The van der Waals surface area contributed by atoms with Crippen molar-refractivity contribution >= 4 is 29.0 Å². The topological polar surface area (TPSA) is 67.6 Å². The van der Waals surface area contributed by atoms with Gasteiger partial charge in [0.1, 0.15) is 5.60 Å². The van der Waals surface area contributed by atoms with Crippen molar-refractivity contribution in [1.29, 1.82) is 0 Å². The van der Waals surface area contributed by atoms with E-state index in [-0.39, 0.29) is 18.1 Å². The number of nitrogens with one attached hydrogen (secondary N) is 1. The highest BCUT2D eigenvalue weighted by Crippen LogP contribution is 2.35. The van der Waals surface area contributed by atoms with Gasteiger partial charge in [-0.05, 0) is 45.2 Å². The van der Waals surface area contributed by atoms with Crippen LogP contribution in [0.15, 0.2) is 12.1 Å². The third-order valence-electron chi connectivity index (χ3n) is 3.43. The summed E-state index contributed by atoms with van der Waals surface area (Å²) in [6.45, 7) is 6.94. The second-order valence-electron chi connectivity index (χ2n) is 6.26. The van der Waals surface area contributed by atoms with Gasteiger partial charge in [0.2, 0.25) is 0 Å². The third-order valence-corrected chi connectivity index (χ3v) is 4.74. The molecule has 0 saturated carbocycles. The van der Waals surface area contributed by atoms with Gasteiger partial charge in [-0.3, -0.25) is 11.3 Å². The number of carbonyl (C=O) groups excluding carboxylic acids is 1. The van der Waals surface area contributed by atoms with Crippen molar-refractivity contribution in [3.8, 4) is 0 Å². The van der Waals surface area contributed by atoms with Gasteiger partial charge in [0, 0.05) is 18.0 Å². The Kier molecular flexibility index (Phi) is 5.14. The zero-order valence-corrected chi connectivity index (χ0v) is 14.1. The molecule has 1 aliphatic rings. The zero-order valence-electron chi connectivity index (χ0n) is 12.6. The second-order valence-corrected chi connectivity index (χ2v) is 8.01. The van der Waals surface area contributed by atoms with Crippen molar-refractivity contribution in [2.45, 2.75) is 38.8 Å². The predicted octanol–water partition coefficient (Wildman–Crippen LogP) is 3.16. The Morgan fingerprint density at radius 3 is 2.81 bits per heavy atom. The van der Waals surface area contributed by atoms with Gasteiger partial charge in [-0.1, -0.05) is 11.6 Å². The number of thiophene rings is 1. The molecule has 2 unspecified atom stereocenters. The minimum Gasteiger partial charge on any atom is -0.444 e. The molecule has 2 atom stereocenters. The van der Waals surface area contributed by atoms with Gasteiger partial charge in [0.25, 0.3) is 0 Å². The van der Waals surface area contributed by atoms with Crippen LogP contribution in [0.2, 0.25) is 4.34 Å². The minimum absolute atomic E-state index is 0.00920. The maximum atomic E-state index is 12.1. The first-order valence-electron chi connectivity index (χ1n) is 6.99. The molecule has 0 radical (unpaired) electrons. The first-order chi connectivity index (χ1) is 9.80. The summed E-state index contributed by atoms with van der Waals surface area (Å²) in [7, 11) is 0. The van der Waals surface area contributed by atoms with Crippen molar-refractivity contribution in [2.75, 3.05) is 13.1 Å². The van der Waals surface area contributed by atoms with Gasteiger partial charge in [0.05, 0.1) is 10.4 Å². The summed E-state index contributed by atoms with van der Waals surface area (Å²) in [6.07, 6.45) is 0.633. The number of carbonyl (C=O) groups is 1. The fourth-order valence-electron chi connectivity index (χ4n) is 2.50. The summed E-state index contributed by atoms with van der Waals surface area (Å²) in [5, 5.41) is 0. The summed E-state index contributed by atoms with van der Waals surface area (Å²) in [4.78, 5) is 14.9. The predicted molar refractivity (Wildman–Crippen MR) is 85.3 cm³/mol. The molecule has 5 nitrogen and oxygen atoms in total. The number of hydrogen-bond donors (Lipinski definition) is 2. The van der Waals surface area contributed by atoms with Crippen molar-refractivity contribution in [3.05, 3.63) is 21.3 Å². The molecule has 21 heavy (non-hydrogen) atoms. The maximum Gasteiger partial charge on any atom is 0.410 e. The monoisotopic (exact) mass is 331 g/mol. The van der Waals surface area contributed by atoms with E-state index in [2.05, 4.69) is 5.43 Å². The van der Waals surface area contributed by atoms with E-state index in [1.165, 1.54) is 11.3 Å². The molecule has 0 spiro atoms. The van der Waals surface area contributed by atoms with E-state index in [0.29, 0.717) is 13.1 Å². The second kappa shape index (κ2) is 6.52. The number of rotatable bonds is 3. The van der Waals surface area contributed by atoms with Crippen LogP contribution in [0.3, 0.4) is 0 Å². The van der Waals surface area contributed by atoms with E-state index >= 15 is 0 Å². The van der Waals surface area contributed by atoms with Gasteiger partial charge < -0.3 is 9.64 Å². The summed E-state index contributed by atoms with van der Waals surface area (Å²) in [5.41, 5.74) is 2.38. The molecule has 3 N–H and O–H groups in total. The highest BCUT2D eigenvalue weighted by atomic mass is 35.5. The fraction of sp³-hybridized carbons (Fsp3) is 0.643. The smallest absolute Gasteiger partial charge is 0.410 e. The number of likely N-dealkylation sites (tertiary alicyclic amines) is 1. The van der Waals surface area contributed by atoms with Crippen LogP contribution in [0, 0.1) is 5.92 Å². The number of nitrogens with zero attached hydrogens (tertiary/aromatic N) is 1. The van der Waals surface area contributed by atoms with Crippen molar-refractivity contribution in [1.82, 2.24) is 10.3 Å². The number of halogens is 1. The van der Waals surface area contributed by atoms with Crippen LogP contribution in [-0.4, -0.2) is 29.7 Å². The van der Waals surface area contributed by atoms with Gasteiger partial charge in [0.15, 0.2) is 0 Å². The van der Waals surface area contributed by atoms with E-state index in [4.69, 9.17) is 22.2 Å². The zero-order chi connectivity index (χ0) is 15.6. The molecule has 2 heterocycles. The molecule has 7 heteroatoms. The normalized spacial score (nSPS) is 20.6. The van der Waals surface area contributed by atoms with Crippen LogP contribution in [-0.2, 0) is 4.74 Å². The molecule has 0 bridgehead atoms. The minimum atomic E-state index is -0.470. The van der Waals surface area contributed by atoms with Gasteiger partial charge in [-0.25, -0.2) is 4.79 Å². The Morgan fingerprint density at radius 1 is 1.57 bits per heavy atom. The fourth-order valence-corrected chi connectivity index (χ4v) is 3.71. The molecule has 1 amide bonds. The van der Waals surface area contributed by atoms with Crippen LogP contribution in [0.1, 0.15) is 38.1 Å². The summed E-state index contributed by atoms with van der Waals surface area (Å²) >= 11 is 7.50. The van der Waals surface area contributed by atoms with E-state index in [1.807, 2.05) is 32.9 Å². The number of amides is 1. The lowest BCUT2D eigenvalue weighted by molar-refractivity contribution is 0.0285. The van der Waals surface area contributed by atoms with E-state index in [1.54, 1.807) is 4.90 Å². The molecule has 1 aromatic rings. The van der Waals surface area contributed by atoms with Gasteiger partial charge in [-0.15, -0.1) is 11.3 Å². The van der Waals surface area contributed by atoms with Crippen molar-refractivity contribution < 1.29 is 9.53 Å². The molecule has 1 saturated heterocycles. The molecule has 1 fully saturated rings. The van der Waals surface area contributed by atoms with E-state index in [0.717, 1.165) is 15.6 Å². The number of nitrogens with two attached hydrogens (primary N) is 1. The summed E-state index contributed by atoms with van der Waals surface area (Å²) in [6, 6.07) is 3.86. The molecular formula is C14H22ClN3O2S. The average molecular weight is 332 g/mol. The van der Waals surface area contributed by atoms with Gasteiger partial charge >= 0.3 is 6.09 Å². The third kappa shape index (κ3) is 4.32. The lowest BCUT2D eigenvalue weighted by Crippen LogP contribution is -2.38. The standard InChI is InChI=1S/C14H22ClN3O2S/c1-14(2,3)20-13(19)18-7-6-9(8-18)12(17-16)10-4-5-11(15)21-10/h4-5,9,12,17H,6-8,16H2,1-3H3. The highest BCUT2D eigenvalue weighted by Gasteiger charge is 2.34. The Bertz CT molecular complexity index is 501. The molecule has 0 aliphatic carbocycles. The van der Waals surface area contributed by atoms with Crippen LogP contribution in [0.25, 0.3) is 0 Å². The maximum absolute atomic E-state index is 12.1. The molecule has 118 valence electrons. The van der Waals surface area contributed by atoms with Crippen LogP contribution in [0.5, 0.6) is 0 Å². The average Bonchev–Trinajstić information content (AvgIpc) is 2.98. The van der Waals surface area contributed by atoms with Crippen LogP contribution < -0.4 is 11.3 Å². The Balaban J connectivity index is 1.99. The lowest BCUT2D eigenvalue weighted by atomic mass is 9.98. The number of hydrazine groups is 1. The first-order valence-corrected chi connectivity index (χ1v) is 8.19. The molecule has 1 aliphatic heterocycles. The molecule has 2 rings (SSSR count). The Morgan fingerprint density at radius 2 is 2.29 bits per heavy atom. The SMILES string of the molecule is CC(C)(C)OC(=O)N1CCC(C(NN)c2ccc(Cl)s2)C1. The largest absolute Gasteiger partial charge is 0.444 e. The summed E-state index contributed by atoms with van der Waals surface area (Å²) in [5.74, 6) is 5.96. The van der Waals surface area contributed by atoms with Crippen molar-refractivity contribution in [2.24, 2.45) is 11.8 Å². The van der Waals surface area contributed by atoms with Crippen molar-refractivity contribution in [3.63, 3.8) is 0 Å². The molecule has 1 aromatic heterocycles. The quantitative estimate of drug-likeness (QED) is 0.659. The van der Waals surface area contributed by atoms with E-state index < -0.39 is 5.60 Å². The lowest BCUT2D eigenvalue weighted by Gasteiger charge is -2.25. The van der Waals surface area contributed by atoms with E-state index in [9.17, 15) is 4.79 Å². The molecular weight excluding hydrogens is 310 g/mol. The Labute approximate surface area is 134 Å². The van der Waals surface area contributed by atoms with Crippen LogP contribution >= 0.6 is 22.9 Å². The number of ether oxygens (including phenoxy) is 1. The summed E-state index contributed by atoms with van der Waals surface area (Å²) < 4.78 is 6.15. The van der Waals surface area contributed by atoms with Crippen LogP contribution in [0.4, 0.5) is 4.79 Å².